The Morgan fingerprint density at radius 1 is 1.31 bits per heavy atom. The summed E-state index contributed by atoms with van der Waals surface area (Å²) in [5, 5.41) is 10.7. The number of ether oxygens (including phenoxy) is 3. The minimum atomic E-state index is -1.25. The zero-order valence-corrected chi connectivity index (χ0v) is 10.2. The Morgan fingerprint density at radius 3 is 2.12 bits per heavy atom. The summed E-state index contributed by atoms with van der Waals surface area (Å²) in [5.74, 6) is -2.40. The summed E-state index contributed by atoms with van der Waals surface area (Å²) in [7, 11) is 1.50. The Hall–Kier alpha value is -0.910. The van der Waals surface area contributed by atoms with Crippen molar-refractivity contribution in [3.05, 3.63) is 11.6 Å². The van der Waals surface area contributed by atoms with Gasteiger partial charge in [-0.2, -0.15) is 0 Å². The van der Waals surface area contributed by atoms with Gasteiger partial charge in [0.05, 0.1) is 5.97 Å². The molecule has 5 heteroatoms. The van der Waals surface area contributed by atoms with Crippen LogP contribution in [0.25, 0.3) is 0 Å². The minimum Gasteiger partial charge on any atom is -0.545 e. The zero-order chi connectivity index (χ0) is 12.6. The number of carbonyl (C=O) groups is 1. The van der Waals surface area contributed by atoms with Crippen LogP contribution < -0.4 is 5.11 Å². The molecule has 0 N–H and O–H groups in total. The van der Waals surface area contributed by atoms with Gasteiger partial charge in [0.15, 0.2) is 0 Å². The highest BCUT2D eigenvalue weighted by Gasteiger charge is 2.29. The Kier molecular flexibility index (Phi) is 6.96. The van der Waals surface area contributed by atoms with E-state index in [0.29, 0.717) is 13.2 Å². The molecule has 0 amide bonds. The van der Waals surface area contributed by atoms with Crippen molar-refractivity contribution >= 4 is 5.97 Å². The van der Waals surface area contributed by atoms with Crippen molar-refractivity contribution in [2.45, 2.75) is 26.6 Å². The minimum absolute atomic E-state index is 0.0546. The van der Waals surface area contributed by atoms with Crippen molar-refractivity contribution in [2.24, 2.45) is 0 Å². The number of aliphatic carboxylic acids is 1. The third-order valence-electron chi connectivity index (χ3n) is 1.88. The number of carbonyl (C=O) groups excluding carboxylic acids is 1. The highest BCUT2D eigenvalue weighted by Crippen LogP contribution is 2.18. The second-order valence-corrected chi connectivity index (χ2v) is 3.23. The number of hydrogen-bond donors (Lipinski definition) is 0. The average Bonchev–Trinajstić information content (AvgIpc) is 2.18. The quantitative estimate of drug-likeness (QED) is 0.438. The van der Waals surface area contributed by atoms with Crippen LogP contribution in [0.1, 0.15) is 20.8 Å². The van der Waals surface area contributed by atoms with Crippen molar-refractivity contribution in [3.63, 3.8) is 0 Å². The van der Waals surface area contributed by atoms with Crippen LogP contribution in [0.2, 0.25) is 0 Å². The molecule has 0 saturated carbocycles. The molecule has 0 aromatic rings. The Bertz CT molecular complexity index is 230. The fraction of sp³-hybridized carbons (Fsp3) is 0.727. The van der Waals surface area contributed by atoms with E-state index in [9.17, 15) is 9.90 Å². The van der Waals surface area contributed by atoms with Crippen LogP contribution in [0, 0.1) is 0 Å². The van der Waals surface area contributed by atoms with Gasteiger partial charge >= 0.3 is 0 Å². The van der Waals surface area contributed by atoms with Gasteiger partial charge < -0.3 is 24.1 Å². The van der Waals surface area contributed by atoms with Gasteiger partial charge in [0, 0.05) is 20.3 Å². The van der Waals surface area contributed by atoms with E-state index in [1.807, 2.05) is 0 Å². The van der Waals surface area contributed by atoms with Gasteiger partial charge in [-0.1, -0.05) is 0 Å². The smallest absolute Gasteiger partial charge is 0.212 e. The summed E-state index contributed by atoms with van der Waals surface area (Å²) in [6, 6.07) is 0. The molecule has 0 saturated heterocycles. The molecule has 94 valence electrons. The van der Waals surface area contributed by atoms with Crippen molar-refractivity contribution in [2.75, 3.05) is 26.9 Å². The molecule has 5 nitrogen and oxygen atoms in total. The molecule has 0 radical (unpaired) electrons. The predicted octanol–water partition coefficient (Wildman–Crippen LogP) is 0.0983. The number of methoxy groups -OCH3 is 1. The van der Waals surface area contributed by atoms with Crippen molar-refractivity contribution in [1.82, 2.24) is 0 Å². The molecule has 0 rings (SSSR count). The van der Waals surface area contributed by atoms with Gasteiger partial charge in [-0.25, -0.2) is 0 Å². The molecule has 0 fully saturated rings. The molecule has 0 spiro atoms. The molecule has 16 heavy (non-hydrogen) atoms. The standard InChI is InChI=1S/C11H20O5/c1-5-15-11(8-14-4,16-6-2)7-9(3)10(12)13/h7H,5-6,8H2,1-4H3,(H,12,13)/p-1/b9-7+. The highest BCUT2D eigenvalue weighted by molar-refractivity contribution is 5.84. The van der Waals surface area contributed by atoms with Crippen LogP contribution in [-0.4, -0.2) is 38.7 Å². The summed E-state index contributed by atoms with van der Waals surface area (Å²) < 4.78 is 15.8. The molecule has 0 unspecified atom stereocenters. The van der Waals surface area contributed by atoms with E-state index in [4.69, 9.17) is 14.2 Å². The van der Waals surface area contributed by atoms with Gasteiger partial charge in [0.25, 0.3) is 0 Å². The maximum absolute atomic E-state index is 10.7. The van der Waals surface area contributed by atoms with Crippen LogP contribution >= 0.6 is 0 Å². The molecule has 0 heterocycles. The summed E-state index contributed by atoms with van der Waals surface area (Å²) >= 11 is 0. The lowest BCUT2D eigenvalue weighted by atomic mass is 10.2. The Balaban J connectivity index is 4.99. The number of rotatable bonds is 8. The Morgan fingerprint density at radius 2 is 1.81 bits per heavy atom. The molecule has 0 aliphatic carbocycles. The summed E-state index contributed by atoms with van der Waals surface area (Å²) in [6.07, 6.45) is 1.37. The van der Waals surface area contributed by atoms with Crippen LogP contribution in [0.5, 0.6) is 0 Å². The molecule has 0 aliphatic heterocycles. The molecule has 0 aliphatic rings. The first-order valence-electron chi connectivity index (χ1n) is 5.19. The number of hydrogen-bond acceptors (Lipinski definition) is 5. The average molecular weight is 231 g/mol. The first kappa shape index (κ1) is 15.1. The SMILES string of the molecule is CCOC(/C=C(\C)C(=O)[O-])(COC)OCC. The van der Waals surface area contributed by atoms with Crippen molar-refractivity contribution in [1.29, 1.82) is 0 Å². The zero-order valence-electron chi connectivity index (χ0n) is 10.2. The van der Waals surface area contributed by atoms with Crippen molar-refractivity contribution in [3.8, 4) is 0 Å². The topological polar surface area (TPSA) is 67.8 Å². The van der Waals surface area contributed by atoms with E-state index in [2.05, 4.69) is 0 Å². The summed E-state index contributed by atoms with van der Waals surface area (Å²) in [6.45, 7) is 5.93. The number of carboxylic acid groups (broad SMARTS) is 1. The third-order valence-corrected chi connectivity index (χ3v) is 1.88. The normalized spacial score (nSPS) is 12.9. The molecule has 0 bridgehead atoms. The van der Waals surface area contributed by atoms with E-state index in [1.54, 1.807) is 13.8 Å². The maximum Gasteiger partial charge on any atom is 0.212 e. The predicted molar refractivity (Wildman–Crippen MR) is 56.6 cm³/mol. The lowest BCUT2D eigenvalue weighted by Gasteiger charge is -2.30. The highest BCUT2D eigenvalue weighted by atomic mass is 16.7. The van der Waals surface area contributed by atoms with Gasteiger partial charge in [-0.05, 0) is 32.4 Å². The van der Waals surface area contributed by atoms with Gasteiger partial charge in [0.2, 0.25) is 5.79 Å². The molecule has 0 aromatic carbocycles. The van der Waals surface area contributed by atoms with E-state index in [-0.39, 0.29) is 12.2 Å². The van der Waals surface area contributed by atoms with Crippen LogP contribution in [0.4, 0.5) is 0 Å². The molecule has 0 aromatic heterocycles. The largest absolute Gasteiger partial charge is 0.545 e. The fourth-order valence-electron chi connectivity index (χ4n) is 1.33. The van der Waals surface area contributed by atoms with Crippen LogP contribution in [-0.2, 0) is 19.0 Å². The van der Waals surface area contributed by atoms with E-state index in [0.717, 1.165) is 0 Å². The van der Waals surface area contributed by atoms with E-state index in [1.165, 1.54) is 20.1 Å². The number of carboxylic acids is 1. The maximum atomic E-state index is 10.7. The molecular weight excluding hydrogens is 212 g/mol. The molecular formula is C11H19O5-. The first-order valence-corrected chi connectivity index (χ1v) is 5.19. The lowest BCUT2D eigenvalue weighted by Crippen LogP contribution is -2.40. The van der Waals surface area contributed by atoms with Crippen LogP contribution in [0.3, 0.4) is 0 Å². The van der Waals surface area contributed by atoms with Gasteiger partial charge in [0.1, 0.15) is 6.61 Å². The van der Waals surface area contributed by atoms with Gasteiger partial charge in [-0.15, -0.1) is 0 Å². The van der Waals surface area contributed by atoms with E-state index >= 15 is 0 Å². The van der Waals surface area contributed by atoms with E-state index < -0.39 is 11.8 Å². The van der Waals surface area contributed by atoms with Crippen molar-refractivity contribution < 1.29 is 24.1 Å². The fourth-order valence-corrected chi connectivity index (χ4v) is 1.33. The second kappa shape index (κ2) is 7.38. The first-order chi connectivity index (χ1) is 7.51. The second-order valence-electron chi connectivity index (χ2n) is 3.23. The molecule has 0 atom stereocenters. The summed E-state index contributed by atoms with van der Waals surface area (Å²) in [4.78, 5) is 10.7. The third kappa shape index (κ3) is 4.74. The summed E-state index contributed by atoms with van der Waals surface area (Å²) in [5.41, 5.74) is 0.0546. The van der Waals surface area contributed by atoms with Crippen LogP contribution in [0.15, 0.2) is 11.6 Å². The van der Waals surface area contributed by atoms with Gasteiger partial charge in [-0.3, -0.25) is 0 Å². The monoisotopic (exact) mass is 231 g/mol. The Labute approximate surface area is 96.0 Å². The lowest BCUT2D eigenvalue weighted by molar-refractivity contribution is -0.299.